The van der Waals surface area contributed by atoms with E-state index in [4.69, 9.17) is 9.47 Å². The zero-order chi connectivity index (χ0) is 15.1. The molecule has 0 bridgehead atoms. The molecule has 6 nitrogen and oxygen atoms in total. The lowest BCUT2D eigenvalue weighted by molar-refractivity contribution is 0.0946. The van der Waals surface area contributed by atoms with Gasteiger partial charge in [-0.3, -0.25) is 4.79 Å². The number of rotatable bonds is 7. The molecule has 6 heteroatoms. The largest absolute Gasteiger partial charge is 0.497 e. The maximum Gasteiger partial charge on any atom is 0.271 e. The summed E-state index contributed by atoms with van der Waals surface area (Å²) in [7, 11) is 1.62. The Morgan fingerprint density at radius 2 is 1.95 bits per heavy atom. The summed E-state index contributed by atoms with van der Waals surface area (Å²) >= 11 is 0. The molecule has 21 heavy (non-hydrogen) atoms. The molecule has 0 atom stereocenters. The van der Waals surface area contributed by atoms with E-state index in [1.807, 2.05) is 31.2 Å². The number of nitrogens with zero attached hydrogens (tertiary/aromatic N) is 2. The first-order valence-corrected chi connectivity index (χ1v) is 6.81. The van der Waals surface area contributed by atoms with E-state index in [9.17, 15) is 4.79 Å². The third-order valence-corrected chi connectivity index (χ3v) is 2.83. The molecule has 2 aromatic rings. The van der Waals surface area contributed by atoms with Crippen molar-refractivity contribution in [3.05, 3.63) is 42.2 Å². The number of methoxy groups -OCH3 is 1. The second-order valence-corrected chi connectivity index (χ2v) is 4.45. The second-order valence-electron chi connectivity index (χ2n) is 4.45. The molecule has 112 valence electrons. The van der Waals surface area contributed by atoms with Gasteiger partial charge in [0.1, 0.15) is 17.2 Å². The van der Waals surface area contributed by atoms with Crippen LogP contribution in [0.4, 0.5) is 0 Å². The van der Waals surface area contributed by atoms with Gasteiger partial charge in [0.25, 0.3) is 5.91 Å². The Morgan fingerprint density at radius 3 is 2.62 bits per heavy atom. The minimum atomic E-state index is -0.167. The number of hydrogen-bond acceptors (Lipinski definition) is 4. The van der Waals surface area contributed by atoms with E-state index in [0.29, 0.717) is 18.0 Å². The molecule has 1 N–H and O–H groups in total. The standard InChI is InChI=1S/C15H19N3O3/c1-3-9-16-15(19)14-8-10-18(17-14)11-21-13-6-4-12(20-2)5-7-13/h4-8,10H,3,9,11H2,1-2H3,(H,16,19). The number of hydrogen-bond donors (Lipinski definition) is 1. The van der Waals surface area contributed by atoms with Crippen molar-refractivity contribution >= 4 is 5.91 Å². The van der Waals surface area contributed by atoms with Crippen molar-refractivity contribution in [3.8, 4) is 11.5 Å². The van der Waals surface area contributed by atoms with Gasteiger partial charge in [-0.1, -0.05) is 6.92 Å². The minimum absolute atomic E-state index is 0.167. The van der Waals surface area contributed by atoms with E-state index >= 15 is 0 Å². The van der Waals surface area contributed by atoms with Crippen LogP contribution in [0, 0.1) is 0 Å². The molecule has 0 aliphatic heterocycles. The Morgan fingerprint density at radius 1 is 1.24 bits per heavy atom. The van der Waals surface area contributed by atoms with E-state index in [-0.39, 0.29) is 12.6 Å². The lowest BCUT2D eigenvalue weighted by Gasteiger charge is -2.07. The maximum absolute atomic E-state index is 11.7. The molecule has 1 amide bonds. The summed E-state index contributed by atoms with van der Waals surface area (Å²) in [5.41, 5.74) is 0.391. The van der Waals surface area contributed by atoms with Gasteiger partial charge in [-0.05, 0) is 36.8 Å². The maximum atomic E-state index is 11.7. The van der Waals surface area contributed by atoms with Crippen molar-refractivity contribution in [2.75, 3.05) is 13.7 Å². The van der Waals surface area contributed by atoms with Crippen LogP contribution in [0.3, 0.4) is 0 Å². The predicted octanol–water partition coefficient (Wildman–Crippen LogP) is 2.07. The van der Waals surface area contributed by atoms with E-state index in [1.54, 1.807) is 24.1 Å². The quantitative estimate of drug-likeness (QED) is 0.847. The van der Waals surface area contributed by atoms with Gasteiger partial charge in [0.05, 0.1) is 7.11 Å². The molecule has 1 heterocycles. The molecule has 0 spiro atoms. The summed E-state index contributed by atoms with van der Waals surface area (Å²) in [6.07, 6.45) is 2.61. The number of amides is 1. The van der Waals surface area contributed by atoms with Crippen LogP contribution in [0.1, 0.15) is 23.8 Å². The summed E-state index contributed by atoms with van der Waals surface area (Å²) in [5.74, 6) is 1.32. The van der Waals surface area contributed by atoms with Gasteiger partial charge in [0, 0.05) is 12.7 Å². The smallest absolute Gasteiger partial charge is 0.271 e. The van der Waals surface area contributed by atoms with Gasteiger partial charge < -0.3 is 14.8 Å². The molecule has 2 rings (SSSR count). The zero-order valence-electron chi connectivity index (χ0n) is 12.2. The topological polar surface area (TPSA) is 65.4 Å². The Kier molecular flexibility index (Phi) is 5.20. The summed E-state index contributed by atoms with van der Waals surface area (Å²) in [6.45, 7) is 2.89. The number of nitrogens with one attached hydrogen (secondary N) is 1. The van der Waals surface area contributed by atoms with Gasteiger partial charge >= 0.3 is 0 Å². The SMILES string of the molecule is CCCNC(=O)c1ccn(COc2ccc(OC)cc2)n1. The number of ether oxygens (including phenoxy) is 2. The van der Waals surface area contributed by atoms with Crippen LogP contribution >= 0.6 is 0 Å². The van der Waals surface area contributed by atoms with Crippen LogP contribution in [0.2, 0.25) is 0 Å². The average Bonchev–Trinajstić information content (AvgIpc) is 3.00. The summed E-state index contributed by atoms with van der Waals surface area (Å²) in [4.78, 5) is 11.7. The first-order valence-electron chi connectivity index (χ1n) is 6.81. The highest BCUT2D eigenvalue weighted by Crippen LogP contribution is 2.17. The highest BCUT2D eigenvalue weighted by atomic mass is 16.5. The van der Waals surface area contributed by atoms with Crippen molar-refractivity contribution in [2.24, 2.45) is 0 Å². The first-order chi connectivity index (χ1) is 10.2. The Balaban J connectivity index is 1.88. The molecule has 1 aromatic carbocycles. The first kappa shape index (κ1) is 14.9. The van der Waals surface area contributed by atoms with Crippen molar-refractivity contribution in [2.45, 2.75) is 20.1 Å². The van der Waals surface area contributed by atoms with Crippen LogP contribution in [0.5, 0.6) is 11.5 Å². The monoisotopic (exact) mass is 289 g/mol. The van der Waals surface area contributed by atoms with Crippen LogP contribution in [-0.2, 0) is 6.73 Å². The van der Waals surface area contributed by atoms with Crippen LogP contribution in [0.25, 0.3) is 0 Å². The van der Waals surface area contributed by atoms with Gasteiger partial charge in [0.15, 0.2) is 6.73 Å². The van der Waals surface area contributed by atoms with Crippen molar-refractivity contribution in [1.82, 2.24) is 15.1 Å². The van der Waals surface area contributed by atoms with Crippen LogP contribution < -0.4 is 14.8 Å². The van der Waals surface area contributed by atoms with Crippen LogP contribution in [-0.4, -0.2) is 29.3 Å². The molecular weight excluding hydrogens is 270 g/mol. The molecule has 0 aliphatic rings. The molecule has 0 radical (unpaired) electrons. The van der Waals surface area contributed by atoms with E-state index in [0.717, 1.165) is 12.2 Å². The molecule has 0 fully saturated rings. The summed E-state index contributed by atoms with van der Waals surface area (Å²) < 4.78 is 12.2. The minimum Gasteiger partial charge on any atom is -0.497 e. The normalized spacial score (nSPS) is 10.2. The van der Waals surface area contributed by atoms with Gasteiger partial charge in [-0.2, -0.15) is 5.10 Å². The third-order valence-electron chi connectivity index (χ3n) is 2.83. The second kappa shape index (κ2) is 7.33. The van der Waals surface area contributed by atoms with Gasteiger partial charge in [-0.25, -0.2) is 4.68 Å². The predicted molar refractivity (Wildman–Crippen MR) is 78.5 cm³/mol. The molecule has 0 saturated carbocycles. The van der Waals surface area contributed by atoms with Gasteiger partial charge in [0.2, 0.25) is 0 Å². The fourth-order valence-corrected chi connectivity index (χ4v) is 1.70. The number of benzene rings is 1. The zero-order valence-corrected chi connectivity index (χ0v) is 12.2. The molecule has 0 aliphatic carbocycles. The molecule has 0 saturated heterocycles. The Labute approximate surface area is 123 Å². The summed E-state index contributed by atoms with van der Waals surface area (Å²) in [5, 5.41) is 6.95. The third kappa shape index (κ3) is 4.24. The highest BCUT2D eigenvalue weighted by Gasteiger charge is 2.08. The lowest BCUT2D eigenvalue weighted by Crippen LogP contribution is -2.24. The highest BCUT2D eigenvalue weighted by molar-refractivity contribution is 5.92. The molecule has 1 aromatic heterocycles. The van der Waals surface area contributed by atoms with E-state index in [1.165, 1.54) is 0 Å². The number of carbonyl (C=O) groups is 1. The van der Waals surface area contributed by atoms with Gasteiger partial charge in [-0.15, -0.1) is 0 Å². The fraction of sp³-hybridized carbons (Fsp3) is 0.333. The fourth-order valence-electron chi connectivity index (χ4n) is 1.70. The molecular formula is C15H19N3O3. The lowest BCUT2D eigenvalue weighted by atomic mass is 10.3. The average molecular weight is 289 g/mol. The Hall–Kier alpha value is -2.50. The van der Waals surface area contributed by atoms with Crippen LogP contribution in [0.15, 0.2) is 36.5 Å². The van der Waals surface area contributed by atoms with Crippen molar-refractivity contribution < 1.29 is 14.3 Å². The Bertz CT molecular complexity index is 578. The van der Waals surface area contributed by atoms with E-state index < -0.39 is 0 Å². The number of aromatic nitrogens is 2. The van der Waals surface area contributed by atoms with E-state index in [2.05, 4.69) is 10.4 Å². The van der Waals surface area contributed by atoms with Crippen molar-refractivity contribution in [1.29, 1.82) is 0 Å². The molecule has 0 unspecified atom stereocenters. The summed E-state index contributed by atoms with van der Waals surface area (Å²) in [6, 6.07) is 8.95. The van der Waals surface area contributed by atoms with Crippen molar-refractivity contribution in [3.63, 3.8) is 0 Å². The number of carbonyl (C=O) groups excluding carboxylic acids is 1.